The molecule has 0 bridgehead atoms. The molecule has 2 aliphatic rings. The van der Waals surface area contributed by atoms with Crippen LogP contribution in [0.15, 0.2) is 24.3 Å². The molecule has 3 atom stereocenters. The molecule has 142 valence electrons. The van der Waals surface area contributed by atoms with Crippen molar-refractivity contribution in [3.05, 3.63) is 41.0 Å². The van der Waals surface area contributed by atoms with Crippen LogP contribution < -0.4 is 10.1 Å². The summed E-state index contributed by atoms with van der Waals surface area (Å²) in [6.07, 6.45) is -1.07. The second-order valence-corrected chi connectivity index (χ2v) is 6.85. The van der Waals surface area contributed by atoms with Crippen molar-refractivity contribution < 1.29 is 35.1 Å². The van der Waals surface area contributed by atoms with Crippen molar-refractivity contribution in [2.75, 3.05) is 0 Å². The maximum atomic E-state index is 11.6. The van der Waals surface area contributed by atoms with Gasteiger partial charge >= 0.3 is 0 Å². The molecule has 8 heteroatoms. The summed E-state index contributed by atoms with van der Waals surface area (Å²) in [6, 6.07) is 4.80. The average molecular weight is 373 g/mol. The van der Waals surface area contributed by atoms with Gasteiger partial charge in [-0.15, -0.1) is 0 Å². The van der Waals surface area contributed by atoms with Crippen LogP contribution in [-0.2, 0) is 11.2 Å². The molecule has 6 N–H and O–H groups in total. The number of hydrogen-bond acceptors (Lipinski definition) is 7. The minimum atomic E-state index is -1.03. The van der Waals surface area contributed by atoms with Gasteiger partial charge in [-0.3, -0.25) is 4.79 Å². The molecular formula is C19H19NO7. The zero-order chi connectivity index (χ0) is 19.3. The molecule has 8 nitrogen and oxygen atoms in total. The van der Waals surface area contributed by atoms with E-state index in [0.717, 1.165) is 0 Å². The molecule has 2 aromatic rings. The van der Waals surface area contributed by atoms with E-state index < -0.39 is 18.2 Å². The van der Waals surface area contributed by atoms with Crippen LogP contribution in [0, 0.1) is 0 Å². The molecule has 0 radical (unpaired) electrons. The van der Waals surface area contributed by atoms with E-state index in [1.165, 1.54) is 24.3 Å². The second kappa shape index (κ2) is 6.24. The zero-order valence-electron chi connectivity index (χ0n) is 14.2. The standard InChI is InChI=1S/C19H19NO7/c21-11-3-1-8(5-13(11)23)18-15(25)6-9-12(22)7-14(24)17(19(9)27-18)10-2-4-16(26)20-10/h1,3,5,7,10,15,18,21-25H,2,4,6H2,(H,20,26)/t10?,15-,18-/m1/s1. The van der Waals surface area contributed by atoms with Gasteiger partial charge < -0.3 is 35.6 Å². The number of carbonyl (C=O) groups is 1. The molecule has 0 aliphatic carbocycles. The van der Waals surface area contributed by atoms with Gasteiger partial charge in [0, 0.05) is 24.5 Å². The number of rotatable bonds is 2. The predicted octanol–water partition coefficient (Wildman–Crippen LogP) is 1.50. The number of nitrogens with one attached hydrogen (secondary N) is 1. The molecule has 27 heavy (non-hydrogen) atoms. The van der Waals surface area contributed by atoms with Crippen molar-refractivity contribution in [3.63, 3.8) is 0 Å². The molecule has 2 aliphatic heterocycles. The summed E-state index contributed by atoms with van der Waals surface area (Å²) >= 11 is 0. The molecule has 2 heterocycles. The van der Waals surface area contributed by atoms with Crippen molar-refractivity contribution in [1.29, 1.82) is 0 Å². The monoisotopic (exact) mass is 373 g/mol. The Kier molecular flexibility index (Phi) is 4.00. The number of aliphatic hydroxyl groups excluding tert-OH is 1. The lowest BCUT2D eigenvalue weighted by Gasteiger charge is -2.34. The Bertz CT molecular complexity index is 927. The number of hydrogen-bond donors (Lipinski definition) is 6. The Balaban J connectivity index is 1.79. The molecular weight excluding hydrogens is 354 g/mol. The molecule has 1 unspecified atom stereocenters. The lowest BCUT2D eigenvalue weighted by Crippen LogP contribution is -2.31. The molecule has 0 spiro atoms. The van der Waals surface area contributed by atoms with Crippen LogP contribution in [0.1, 0.15) is 41.7 Å². The number of ether oxygens (including phenoxy) is 1. The highest BCUT2D eigenvalue weighted by Crippen LogP contribution is 2.49. The lowest BCUT2D eigenvalue weighted by atomic mass is 9.90. The minimum absolute atomic E-state index is 0.0570. The van der Waals surface area contributed by atoms with Gasteiger partial charge in [-0.2, -0.15) is 0 Å². The maximum absolute atomic E-state index is 11.6. The van der Waals surface area contributed by atoms with E-state index in [-0.39, 0.29) is 41.1 Å². The van der Waals surface area contributed by atoms with Crippen LogP contribution >= 0.6 is 0 Å². The topological polar surface area (TPSA) is 139 Å². The van der Waals surface area contributed by atoms with Crippen molar-refractivity contribution in [2.24, 2.45) is 0 Å². The van der Waals surface area contributed by atoms with E-state index in [1.807, 2.05) is 0 Å². The third kappa shape index (κ3) is 2.87. The fourth-order valence-corrected chi connectivity index (χ4v) is 3.72. The zero-order valence-corrected chi connectivity index (χ0v) is 14.2. The first kappa shape index (κ1) is 17.3. The fourth-order valence-electron chi connectivity index (χ4n) is 3.72. The normalized spacial score (nSPS) is 24.2. The molecule has 0 saturated carbocycles. The SMILES string of the molecule is O=C1CCC(c2c(O)cc(O)c3c2O[C@H](c2ccc(O)c(O)c2)[C@H](O)C3)N1. The molecule has 4 rings (SSSR count). The van der Waals surface area contributed by atoms with E-state index in [4.69, 9.17) is 4.74 Å². The predicted molar refractivity (Wildman–Crippen MR) is 92.7 cm³/mol. The van der Waals surface area contributed by atoms with Crippen LogP contribution in [-0.4, -0.2) is 37.5 Å². The summed E-state index contributed by atoms with van der Waals surface area (Å²) in [5, 5.41) is 53.1. The maximum Gasteiger partial charge on any atom is 0.220 e. The molecule has 0 aromatic heterocycles. The molecule has 1 amide bonds. The quantitative estimate of drug-likeness (QED) is 0.438. The average Bonchev–Trinajstić information content (AvgIpc) is 3.03. The van der Waals surface area contributed by atoms with Crippen molar-refractivity contribution in [2.45, 2.75) is 37.5 Å². The van der Waals surface area contributed by atoms with E-state index in [2.05, 4.69) is 5.32 Å². The Labute approximate surface area is 154 Å². The summed E-state index contributed by atoms with van der Waals surface area (Å²) in [6.45, 7) is 0. The number of phenolic OH excluding ortho intramolecular Hbond substituents is 4. The second-order valence-electron chi connectivity index (χ2n) is 6.85. The van der Waals surface area contributed by atoms with E-state index in [0.29, 0.717) is 29.5 Å². The van der Waals surface area contributed by atoms with Gasteiger partial charge in [0.15, 0.2) is 11.5 Å². The van der Waals surface area contributed by atoms with Crippen molar-refractivity contribution in [3.8, 4) is 28.7 Å². The van der Waals surface area contributed by atoms with E-state index in [9.17, 15) is 30.3 Å². The summed E-state index contributed by atoms with van der Waals surface area (Å²) in [4.78, 5) is 11.6. The molecule has 1 saturated heterocycles. The van der Waals surface area contributed by atoms with Gasteiger partial charge in [-0.05, 0) is 24.1 Å². The van der Waals surface area contributed by atoms with Crippen LogP contribution in [0.25, 0.3) is 0 Å². The third-order valence-corrected chi connectivity index (χ3v) is 5.06. The van der Waals surface area contributed by atoms with E-state index in [1.54, 1.807) is 0 Å². The molecule has 1 fully saturated rings. The largest absolute Gasteiger partial charge is 0.507 e. The smallest absolute Gasteiger partial charge is 0.220 e. The Morgan fingerprint density at radius 1 is 1.00 bits per heavy atom. The number of aromatic hydroxyl groups is 4. The van der Waals surface area contributed by atoms with E-state index >= 15 is 0 Å². The van der Waals surface area contributed by atoms with Gasteiger partial charge in [0.05, 0.1) is 17.7 Å². The highest BCUT2D eigenvalue weighted by Gasteiger charge is 2.37. The summed E-state index contributed by atoms with van der Waals surface area (Å²) in [7, 11) is 0. The minimum Gasteiger partial charge on any atom is -0.507 e. The first-order chi connectivity index (χ1) is 12.8. The summed E-state index contributed by atoms with van der Waals surface area (Å²) in [5.41, 5.74) is 1.12. The van der Waals surface area contributed by atoms with Gasteiger partial charge in [0.25, 0.3) is 0 Å². The highest BCUT2D eigenvalue weighted by atomic mass is 16.5. The Hall–Kier alpha value is -3.13. The number of phenols is 4. The Morgan fingerprint density at radius 3 is 2.44 bits per heavy atom. The highest BCUT2D eigenvalue weighted by molar-refractivity contribution is 5.79. The summed E-state index contributed by atoms with van der Waals surface area (Å²) in [5.74, 6) is -0.992. The fraction of sp³-hybridized carbons (Fsp3) is 0.316. The Morgan fingerprint density at radius 2 is 1.78 bits per heavy atom. The number of amides is 1. The van der Waals surface area contributed by atoms with Crippen LogP contribution in [0.5, 0.6) is 28.7 Å². The lowest BCUT2D eigenvalue weighted by molar-refractivity contribution is -0.119. The van der Waals surface area contributed by atoms with Gasteiger partial charge in [0.2, 0.25) is 5.91 Å². The van der Waals surface area contributed by atoms with Crippen LogP contribution in [0.3, 0.4) is 0 Å². The number of carbonyl (C=O) groups excluding carboxylic acids is 1. The first-order valence-electron chi connectivity index (χ1n) is 8.58. The van der Waals surface area contributed by atoms with Gasteiger partial charge in [-0.25, -0.2) is 0 Å². The van der Waals surface area contributed by atoms with Crippen molar-refractivity contribution in [1.82, 2.24) is 5.32 Å². The van der Waals surface area contributed by atoms with Crippen LogP contribution in [0.4, 0.5) is 0 Å². The first-order valence-corrected chi connectivity index (χ1v) is 8.58. The third-order valence-electron chi connectivity index (χ3n) is 5.06. The van der Waals surface area contributed by atoms with Gasteiger partial charge in [-0.1, -0.05) is 6.07 Å². The van der Waals surface area contributed by atoms with Crippen molar-refractivity contribution >= 4 is 5.91 Å². The molecule has 2 aromatic carbocycles. The number of benzene rings is 2. The number of aliphatic hydroxyl groups is 1. The van der Waals surface area contributed by atoms with Gasteiger partial charge in [0.1, 0.15) is 23.4 Å². The van der Waals surface area contributed by atoms with Crippen LogP contribution in [0.2, 0.25) is 0 Å². The number of fused-ring (bicyclic) bond motifs is 1. The summed E-state index contributed by atoms with van der Waals surface area (Å²) < 4.78 is 5.95.